The fourth-order valence-corrected chi connectivity index (χ4v) is 1.28. The molecule has 1 amide bonds. The van der Waals surface area contributed by atoms with E-state index in [9.17, 15) is 4.79 Å². The van der Waals surface area contributed by atoms with Crippen molar-refractivity contribution in [2.45, 2.75) is 34.6 Å². The van der Waals surface area contributed by atoms with E-state index in [1.165, 1.54) is 0 Å². The van der Waals surface area contributed by atoms with Crippen molar-refractivity contribution in [2.75, 3.05) is 11.1 Å². The molecule has 0 aromatic heterocycles. The van der Waals surface area contributed by atoms with E-state index in [2.05, 4.69) is 5.32 Å². The highest BCUT2D eigenvalue weighted by Crippen LogP contribution is 2.24. The second-order valence-corrected chi connectivity index (χ2v) is 5.23. The summed E-state index contributed by atoms with van der Waals surface area (Å²) in [5.74, 6) is 0.0137. The van der Waals surface area contributed by atoms with E-state index in [1.807, 2.05) is 46.8 Å². The minimum Gasteiger partial charge on any atom is -0.399 e. The molecule has 1 aromatic rings. The third-order valence-electron chi connectivity index (χ3n) is 2.54. The molecule has 16 heavy (non-hydrogen) atoms. The molecule has 0 saturated heterocycles. The molecule has 0 bridgehead atoms. The van der Waals surface area contributed by atoms with E-state index >= 15 is 0 Å². The quantitative estimate of drug-likeness (QED) is 0.715. The van der Waals surface area contributed by atoms with Crippen LogP contribution >= 0.6 is 0 Å². The molecule has 0 saturated carbocycles. The molecule has 1 aromatic carbocycles. The van der Waals surface area contributed by atoms with Gasteiger partial charge >= 0.3 is 0 Å². The highest BCUT2D eigenvalue weighted by atomic mass is 16.2. The van der Waals surface area contributed by atoms with Gasteiger partial charge in [-0.3, -0.25) is 4.79 Å². The lowest BCUT2D eigenvalue weighted by atomic mass is 9.95. The SMILES string of the molecule is Cc1cc(NC(=O)C(C)(C)C)c(C)cc1N. The van der Waals surface area contributed by atoms with E-state index in [0.717, 1.165) is 22.5 Å². The molecule has 0 aliphatic carbocycles. The van der Waals surface area contributed by atoms with Gasteiger partial charge in [-0.05, 0) is 37.1 Å². The zero-order valence-corrected chi connectivity index (χ0v) is 10.6. The van der Waals surface area contributed by atoms with Crippen LogP contribution in [0.1, 0.15) is 31.9 Å². The van der Waals surface area contributed by atoms with E-state index in [-0.39, 0.29) is 11.3 Å². The third kappa shape index (κ3) is 2.75. The highest BCUT2D eigenvalue weighted by Gasteiger charge is 2.21. The number of nitrogens with one attached hydrogen (secondary N) is 1. The molecule has 0 atom stereocenters. The first kappa shape index (κ1) is 12.6. The number of benzene rings is 1. The van der Waals surface area contributed by atoms with E-state index < -0.39 is 0 Å². The molecule has 1 rings (SSSR count). The average molecular weight is 220 g/mol. The molecular weight excluding hydrogens is 200 g/mol. The van der Waals surface area contributed by atoms with Gasteiger partial charge in [0.15, 0.2) is 0 Å². The summed E-state index contributed by atoms with van der Waals surface area (Å²) in [5.41, 5.74) is 8.97. The maximum absolute atomic E-state index is 11.8. The van der Waals surface area contributed by atoms with Crippen LogP contribution in [0.5, 0.6) is 0 Å². The highest BCUT2D eigenvalue weighted by molar-refractivity contribution is 5.95. The topological polar surface area (TPSA) is 55.1 Å². The first-order valence-electron chi connectivity index (χ1n) is 5.40. The van der Waals surface area contributed by atoms with Crippen molar-refractivity contribution in [1.82, 2.24) is 0 Å². The largest absolute Gasteiger partial charge is 0.399 e. The fourth-order valence-electron chi connectivity index (χ4n) is 1.28. The van der Waals surface area contributed by atoms with Crippen molar-refractivity contribution in [3.63, 3.8) is 0 Å². The lowest BCUT2D eigenvalue weighted by Crippen LogP contribution is -2.28. The molecule has 0 radical (unpaired) electrons. The van der Waals surface area contributed by atoms with Gasteiger partial charge in [-0.1, -0.05) is 20.8 Å². The van der Waals surface area contributed by atoms with Crippen molar-refractivity contribution in [3.05, 3.63) is 23.3 Å². The Morgan fingerprint density at radius 3 is 2.25 bits per heavy atom. The summed E-state index contributed by atoms with van der Waals surface area (Å²) in [5, 5.41) is 2.92. The van der Waals surface area contributed by atoms with Crippen molar-refractivity contribution < 1.29 is 4.79 Å². The van der Waals surface area contributed by atoms with E-state index in [4.69, 9.17) is 5.73 Å². The Morgan fingerprint density at radius 2 is 1.75 bits per heavy atom. The maximum atomic E-state index is 11.8. The summed E-state index contributed by atoms with van der Waals surface area (Å²) in [7, 11) is 0. The standard InChI is InChI=1S/C13H20N2O/c1-8-7-11(9(2)6-10(8)14)15-12(16)13(3,4)5/h6-7H,14H2,1-5H3,(H,15,16). The minimum absolute atomic E-state index is 0.0137. The van der Waals surface area contributed by atoms with Crippen LogP contribution in [0.25, 0.3) is 0 Å². The van der Waals surface area contributed by atoms with Gasteiger partial charge in [0.05, 0.1) is 0 Å². The van der Waals surface area contributed by atoms with Gasteiger partial charge in [0, 0.05) is 16.8 Å². The number of aryl methyl sites for hydroxylation is 2. The van der Waals surface area contributed by atoms with Gasteiger partial charge in [-0.25, -0.2) is 0 Å². The summed E-state index contributed by atoms with van der Waals surface area (Å²) < 4.78 is 0. The van der Waals surface area contributed by atoms with Crippen LogP contribution in [0.4, 0.5) is 11.4 Å². The molecule has 3 heteroatoms. The molecule has 88 valence electrons. The van der Waals surface area contributed by atoms with Crippen LogP contribution in [0.15, 0.2) is 12.1 Å². The lowest BCUT2D eigenvalue weighted by molar-refractivity contribution is -0.123. The van der Waals surface area contributed by atoms with E-state index in [0.29, 0.717) is 0 Å². The Labute approximate surface area is 97.0 Å². The van der Waals surface area contributed by atoms with Crippen molar-refractivity contribution in [3.8, 4) is 0 Å². The van der Waals surface area contributed by atoms with Gasteiger partial charge in [-0.15, -0.1) is 0 Å². The van der Waals surface area contributed by atoms with Crippen LogP contribution in [0.2, 0.25) is 0 Å². The molecule has 3 N–H and O–H groups in total. The number of anilines is 2. The molecule has 0 aliphatic rings. The Hall–Kier alpha value is -1.51. The number of carbonyl (C=O) groups is 1. The van der Waals surface area contributed by atoms with Crippen LogP contribution in [0.3, 0.4) is 0 Å². The first-order chi connectivity index (χ1) is 7.21. The van der Waals surface area contributed by atoms with Gasteiger partial charge in [-0.2, -0.15) is 0 Å². The average Bonchev–Trinajstić information content (AvgIpc) is 2.12. The molecule has 0 aliphatic heterocycles. The van der Waals surface area contributed by atoms with Gasteiger partial charge in [0.25, 0.3) is 0 Å². The van der Waals surface area contributed by atoms with Crippen LogP contribution in [-0.2, 0) is 4.79 Å². The van der Waals surface area contributed by atoms with Crippen LogP contribution < -0.4 is 11.1 Å². The van der Waals surface area contributed by atoms with Crippen LogP contribution in [0, 0.1) is 19.3 Å². The van der Waals surface area contributed by atoms with Crippen molar-refractivity contribution in [2.24, 2.45) is 5.41 Å². The number of rotatable bonds is 1. The number of hydrogen-bond donors (Lipinski definition) is 2. The zero-order chi connectivity index (χ0) is 12.5. The molecule has 0 heterocycles. The first-order valence-corrected chi connectivity index (χ1v) is 5.40. The Bertz CT molecular complexity index is 417. The smallest absolute Gasteiger partial charge is 0.229 e. The van der Waals surface area contributed by atoms with Crippen molar-refractivity contribution >= 4 is 17.3 Å². The number of amides is 1. The minimum atomic E-state index is -0.387. The summed E-state index contributed by atoms with van der Waals surface area (Å²) in [6.07, 6.45) is 0. The van der Waals surface area contributed by atoms with Crippen LogP contribution in [-0.4, -0.2) is 5.91 Å². The summed E-state index contributed by atoms with van der Waals surface area (Å²) in [6.45, 7) is 9.54. The predicted octanol–water partition coefficient (Wildman–Crippen LogP) is 2.87. The number of carbonyl (C=O) groups excluding carboxylic acids is 1. The number of hydrogen-bond acceptors (Lipinski definition) is 2. The molecule has 3 nitrogen and oxygen atoms in total. The fraction of sp³-hybridized carbons (Fsp3) is 0.462. The molecule has 0 fully saturated rings. The van der Waals surface area contributed by atoms with Gasteiger partial charge < -0.3 is 11.1 Å². The monoisotopic (exact) mass is 220 g/mol. The summed E-state index contributed by atoms with van der Waals surface area (Å²) >= 11 is 0. The Kier molecular flexibility index (Phi) is 3.27. The van der Waals surface area contributed by atoms with Gasteiger partial charge in [0.2, 0.25) is 5.91 Å². The van der Waals surface area contributed by atoms with Gasteiger partial charge in [0.1, 0.15) is 0 Å². The molecule has 0 spiro atoms. The summed E-state index contributed by atoms with van der Waals surface area (Å²) in [6, 6.07) is 3.79. The van der Waals surface area contributed by atoms with E-state index in [1.54, 1.807) is 0 Å². The normalized spacial score (nSPS) is 11.3. The lowest BCUT2D eigenvalue weighted by Gasteiger charge is -2.19. The third-order valence-corrected chi connectivity index (χ3v) is 2.54. The Balaban J connectivity index is 2.99. The molecule has 0 unspecified atom stereocenters. The predicted molar refractivity (Wildman–Crippen MR) is 68.4 cm³/mol. The van der Waals surface area contributed by atoms with Crippen molar-refractivity contribution in [1.29, 1.82) is 0 Å². The Morgan fingerprint density at radius 1 is 1.19 bits per heavy atom. The zero-order valence-electron chi connectivity index (χ0n) is 10.6. The summed E-state index contributed by atoms with van der Waals surface area (Å²) in [4.78, 5) is 11.8. The number of nitrogens with two attached hydrogens (primary N) is 1. The second-order valence-electron chi connectivity index (χ2n) is 5.23. The number of nitrogen functional groups attached to an aromatic ring is 1. The molecular formula is C13H20N2O. The second kappa shape index (κ2) is 4.16. The maximum Gasteiger partial charge on any atom is 0.229 e.